The normalized spacial score (nSPS) is 24.5. The topological polar surface area (TPSA) is 113 Å². The van der Waals surface area contributed by atoms with Gasteiger partial charge in [-0.05, 0) is 129 Å². The van der Waals surface area contributed by atoms with Gasteiger partial charge in [-0.25, -0.2) is 16.8 Å². The highest BCUT2D eigenvalue weighted by Crippen LogP contribution is 2.60. The van der Waals surface area contributed by atoms with Gasteiger partial charge in [0.15, 0.2) is 0 Å². The van der Waals surface area contributed by atoms with Crippen LogP contribution in [-0.4, -0.2) is 35.5 Å². The quantitative estimate of drug-likeness (QED) is 0.306. The summed E-state index contributed by atoms with van der Waals surface area (Å²) >= 11 is 0. The van der Waals surface area contributed by atoms with Crippen LogP contribution in [0.1, 0.15) is 55.2 Å². The molecule has 0 spiro atoms. The molecule has 0 aliphatic heterocycles. The van der Waals surface area contributed by atoms with Gasteiger partial charge in [0.05, 0.1) is 22.5 Å². The molecule has 7 rings (SSSR count). The van der Waals surface area contributed by atoms with Crippen molar-refractivity contribution in [3.8, 4) is 0 Å². The SMILES string of the molecule is Cc1cccc(C)c1NS(=O)(=O)c1ccc(NC(=O)CN(c2ccc(C34CC5CC(CC(C5)C3)C4)cc2)S(C)(=O)=O)cc1. The first-order valence-corrected chi connectivity index (χ1v) is 18.2. The molecule has 0 aromatic heterocycles. The number of hydrogen-bond donors (Lipinski definition) is 2. The molecular weight excluding hydrogens is 583 g/mol. The minimum atomic E-state index is -3.85. The van der Waals surface area contributed by atoms with Crippen molar-refractivity contribution in [2.75, 3.05) is 27.1 Å². The molecule has 228 valence electrons. The van der Waals surface area contributed by atoms with E-state index in [0.717, 1.165) is 39.4 Å². The van der Waals surface area contributed by atoms with Crippen molar-refractivity contribution < 1.29 is 21.6 Å². The van der Waals surface area contributed by atoms with E-state index in [1.165, 1.54) is 68.4 Å². The van der Waals surface area contributed by atoms with Gasteiger partial charge in [0.1, 0.15) is 6.54 Å². The summed E-state index contributed by atoms with van der Waals surface area (Å²) in [5.41, 5.74) is 4.46. The molecule has 0 unspecified atom stereocenters. The predicted molar refractivity (Wildman–Crippen MR) is 170 cm³/mol. The Morgan fingerprint density at radius 2 is 1.35 bits per heavy atom. The highest BCUT2D eigenvalue weighted by Gasteiger charge is 2.51. The van der Waals surface area contributed by atoms with Gasteiger partial charge in [0.2, 0.25) is 15.9 Å². The third kappa shape index (κ3) is 6.04. The van der Waals surface area contributed by atoms with E-state index in [0.29, 0.717) is 17.1 Å². The van der Waals surface area contributed by atoms with Crippen molar-refractivity contribution in [3.05, 3.63) is 83.4 Å². The second-order valence-electron chi connectivity index (χ2n) is 13.0. The first-order valence-electron chi connectivity index (χ1n) is 14.9. The zero-order valence-corrected chi connectivity index (χ0v) is 26.5. The van der Waals surface area contributed by atoms with Crippen LogP contribution in [0.2, 0.25) is 0 Å². The summed E-state index contributed by atoms with van der Waals surface area (Å²) in [6.45, 7) is 3.27. The van der Waals surface area contributed by atoms with E-state index in [1.54, 1.807) is 0 Å². The number of rotatable bonds is 9. The van der Waals surface area contributed by atoms with Crippen LogP contribution in [0.5, 0.6) is 0 Å². The number of amides is 1. The minimum Gasteiger partial charge on any atom is -0.325 e. The fourth-order valence-electron chi connectivity index (χ4n) is 8.06. The Bertz CT molecular complexity index is 1700. The Hall–Kier alpha value is -3.37. The minimum absolute atomic E-state index is 0.0463. The monoisotopic (exact) mass is 621 g/mol. The van der Waals surface area contributed by atoms with E-state index < -0.39 is 32.5 Å². The number of para-hydroxylation sites is 1. The molecule has 0 atom stereocenters. The van der Waals surface area contributed by atoms with Crippen molar-refractivity contribution in [3.63, 3.8) is 0 Å². The molecule has 1 amide bonds. The summed E-state index contributed by atoms with van der Waals surface area (Å²) in [5, 5.41) is 2.70. The molecule has 8 nitrogen and oxygen atoms in total. The fourth-order valence-corrected chi connectivity index (χ4v) is 10.1. The van der Waals surface area contributed by atoms with Crippen molar-refractivity contribution in [2.45, 2.75) is 62.7 Å². The third-order valence-corrected chi connectivity index (χ3v) is 12.2. The summed E-state index contributed by atoms with van der Waals surface area (Å²) in [4.78, 5) is 13.0. The van der Waals surface area contributed by atoms with Gasteiger partial charge in [0, 0.05) is 5.69 Å². The highest BCUT2D eigenvalue weighted by molar-refractivity contribution is 7.92. The van der Waals surface area contributed by atoms with Crippen LogP contribution in [0.4, 0.5) is 17.1 Å². The smallest absolute Gasteiger partial charge is 0.261 e. The summed E-state index contributed by atoms with van der Waals surface area (Å²) < 4.78 is 55.2. The number of carbonyl (C=O) groups excluding carboxylic acids is 1. The summed E-state index contributed by atoms with van der Waals surface area (Å²) in [7, 11) is -7.59. The second kappa shape index (κ2) is 11.0. The molecule has 4 aliphatic rings. The van der Waals surface area contributed by atoms with Crippen LogP contribution < -0.4 is 14.3 Å². The van der Waals surface area contributed by atoms with Crippen LogP contribution in [0, 0.1) is 31.6 Å². The van der Waals surface area contributed by atoms with Crippen molar-refractivity contribution >= 4 is 43.0 Å². The Morgan fingerprint density at radius 1 is 0.814 bits per heavy atom. The lowest BCUT2D eigenvalue weighted by Crippen LogP contribution is -2.48. The number of nitrogens with one attached hydrogen (secondary N) is 2. The lowest BCUT2D eigenvalue weighted by molar-refractivity contribution is -0.114. The number of sulfonamides is 2. The molecule has 10 heteroatoms. The standard InChI is InChI=1S/C33H39N3O5S2/c1-22-5-4-6-23(2)32(22)35-43(40,41)30-13-9-28(10-14-30)34-31(37)21-36(42(3,38)39)29-11-7-27(8-12-29)33-18-24-15-25(19-33)17-26(16-24)20-33/h4-14,24-26,35H,15-21H2,1-3H3,(H,34,37). The maximum Gasteiger partial charge on any atom is 0.261 e. The molecule has 4 saturated carbocycles. The van der Waals surface area contributed by atoms with Crippen molar-refractivity contribution in [2.24, 2.45) is 17.8 Å². The average Bonchev–Trinajstić information content (AvgIpc) is 2.93. The van der Waals surface area contributed by atoms with Gasteiger partial charge < -0.3 is 5.32 Å². The van der Waals surface area contributed by atoms with Crippen LogP contribution in [-0.2, 0) is 30.3 Å². The molecule has 0 heterocycles. The number of benzene rings is 3. The largest absolute Gasteiger partial charge is 0.325 e. The Morgan fingerprint density at radius 3 is 1.86 bits per heavy atom. The van der Waals surface area contributed by atoms with E-state index >= 15 is 0 Å². The van der Waals surface area contributed by atoms with E-state index in [1.807, 2.05) is 44.2 Å². The number of carbonyl (C=O) groups is 1. The Labute approximate surface area is 255 Å². The first-order chi connectivity index (χ1) is 20.3. The zero-order chi connectivity index (χ0) is 30.6. The van der Waals surface area contributed by atoms with Crippen LogP contribution in [0.3, 0.4) is 0 Å². The third-order valence-electron chi connectivity index (χ3n) is 9.66. The lowest BCUT2D eigenvalue weighted by atomic mass is 9.48. The summed E-state index contributed by atoms with van der Waals surface area (Å²) in [6, 6.07) is 19.1. The van der Waals surface area contributed by atoms with Gasteiger partial charge in [-0.15, -0.1) is 0 Å². The van der Waals surface area contributed by atoms with Gasteiger partial charge in [-0.1, -0.05) is 30.3 Å². The van der Waals surface area contributed by atoms with E-state index in [4.69, 9.17) is 0 Å². The van der Waals surface area contributed by atoms with Crippen molar-refractivity contribution in [1.82, 2.24) is 0 Å². The van der Waals surface area contributed by atoms with Crippen LogP contribution >= 0.6 is 0 Å². The van der Waals surface area contributed by atoms with Gasteiger partial charge in [-0.3, -0.25) is 13.8 Å². The predicted octanol–water partition coefficient (Wildman–Crippen LogP) is 5.98. The van der Waals surface area contributed by atoms with E-state index in [2.05, 4.69) is 22.2 Å². The lowest BCUT2D eigenvalue weighted by Gasteiger charge is -2.57. The number of nitrogens with zero attached hydrogens (tertiary/aromatic N) is 1. The van der Waals surface area contributed by atoms with Gasteiger partial charge in [0.25, 0.3) is 10.0 Å². The number of anilines is 3. The molecule has 4 fully saturated rings. The second-order valence-corrected chi connectivity index (χ2v) is 16.5. The molecule has 3 aromatic carbocycles. The molecule has 0 radical (unpaired) electrons. The molecule has 0 saturated heterocycles. The molecular formula is C33H39N3O5S2. The van der Waals surface area contributed by atoms with Crippen molar-refractivity contribution in [1.29, 1.82) is 0 Å². The molecule has 2 N–H and O–H groups in total. The summed E-state index contributed by atoms with van der Waals surface area (Å²) in [5.74, 6) is 1.90. The molecule has 4 aliphatic carbocycles. The molecule has 43 heavy (non-hydrogen) atoms. The van der Waals surface area contributed by atoms with Gasteiger partial charge in [-0.2, -0.15) is 0 Å². The van der Waals surface area contributed by atoms with E-state index in [9.17, 15) is 21.6 Å². The van der Waals surface area contributed by atoms with Crippen LogP contribution in [0.25, 0.3) is 0 Å². The van der Waals surface area contributed by atoms with E-state index in [-0.39, 0.29) is 10.3 Å². The average molecular weight is 622 g/mol. The first kappa shape index (κ1) is 29.7. The molecule has 3 aromatic rings. The highest BCUT2D eigenvalue weighted by atomic mass is 32.2. The Balaban J connectivity index is 1.13. The number of aryl methyl sites for hydroxylation is 2. The maximum absolute atomic E-state index is 13.0. The molecule has 4 bridgehead atoms. The number of hydrogen-bond acceptors (Lipinski definition) is 5. The van der Waals surface area contributed by atoms with Gasteiger partial charge >= 0.3 is 0 Å². The summed E-state index contributed by atoms with van der Waals surface area (Å²) in [6.07, 6.45) is 8.83. The fraction of sp³-hybridized carbons (Fsp3) is 0.424. The van der Waals surface area contributed by atoms with Crippen LogP contribution in [0.15, 0.2) is 71.6 Å². The zero-order valence-electron chi connectivity index (χ0n) is 24.8. The Kier molecular flexibility index (Phi) is 7.57. The maximum atomic E-state index is 13.0.